The van der Waals surface area contributed by atoms with Crippen LogP contribution in [0.1, 0.15) is 11.5 Å². The fourth-order valence-electron chi connectivity index (χ4n) is 2.34. The minimum atomic E-state index is -0.217. The first kappa shape index (κ1) is 16.3. The van der Waals surface area contributed by atoms with Crippen LogP contribution in [0.3, 0.4) is 0 Å². The summed E-state index contributed by atoms with van der Waals surface area (Å²) in [5.41, 5.74) is 2.34. The third kappa shape index (κ3) is 3.65. The summed E-state index contributed by atoms with van der Waals surface area (Å²) in [5, 5.41) is 3.28. The van der Waals surface area contributed by atoms with Gasteiger partial charge in [-0.05, 0) is 19.1 Å². The molecule has 0 unspecified atom stereocenters. The van der Waals surface area contributed by atoms with Crippen molar-refractivity contribution in [3.8, 4) is 0 Å². The van der Waals surface area contributed by atoms with Gasteiger partial charge in [-0.3, -0.25) is 9.59 Å². The molecule has 7 nitrogen and oxygen atoms in total. The Morgan fingerprint density at radius 3 is 2.88 bits per heavy atom. The lowest BCUT2D eigenvalue weighted by atomic mass is 10.3. The number of benzene rings is 1. The topological polar surface area (TPSA) is 92.7 Å². The molecule has 2 heterocycles. The lowest BCUT2D eigenvalue weighted by Crippen LogP contribution is -2.26. The molecule has 0 aliphatic rings. The van der Waals surface area contributed by atoms with Crippen molar-refractivity contribution in [3.05, 3.63) is 52.2 Å². The summed E-state index contributed by atoms with van der Waals surface area (Å²) in [6.45, 7) is 2.09. The fraction of sp³-hybridized carbons (Fsp3) is 0.250. The predicted octanol–water partition coefficient (Wildman–Crippen LogP) is 1.37. The molecule has 3 aromatic rings. The highest BCUT2D eigenvalue weighted by molar-refractivity contribution is 7.99. The monoisotopic (exact) mass is 343 g/mol. The van der Waals surface area contributed by atoms with Crippen molar-refractivity contribution in [3.63, 3.8) is 0 Å². The highest BCUT2D eigenvalue weighted by Crippen LogP contribution is 2.14. The number of nitrogens with zero attached hydrogens (tertiary/aromatic N) is 3. The molecule has 0 aliphatic carbocycles. The Labute approximate surface area is 142 Å². The van der Waals surface area contributed by atoms with Crippen LogP contribution >= 0.6 is 11.8 Å². The maximum atomic E-state index is 12.0. The van der Waals surface area contributed by atoms with Crippen LogP contribution < -0.4 is 10.9 Å². The highest BCUT2D eigenvalue weighted by Gasteiger charge is 2.09. The maximum absolute atomic E-state index is 12.0. The van der Waals surface area contributed by atoms with Gasteiger partial charge in [-0.1, -0.05) is 23.9 Å². The smallest absolute Gasteiger partial charge is 0.251 e. The molecular weight excluding hydrogens is 326 g/mol. The van der Waals surface area contributed by atoms with Gasteiger partial charge in [-0.15, -0.1) is 0 Å². The molecule has 0 saturated carbocycles. The van der Waals surface area contributed by atoms with E-state index in [9.17, 15) is 9.59 Å². The van der Waals surface area contributed by atoms with Crippen molar-refractivity contribution in [1.82, 2.24) is 24.8 Å². The summed E-state index contributed by atoms with van der Waals surface area (Å²) in [6, 6.07) is 9.23. The number of aromatic amines is 1. The van der Waals surface area contributed by atoms with Crippen LogP contribution in [-0.4, -0.2) is 31.2 Å². The van der Waals surface area contributed by atoms with Crippen molar-refractivity contribution in [2.24, 2.45) is 7.05 Å². The zero-order chi connectivity index (χ0) is 17.1. The standard InChI is InChI=1S/C16H17N5O2S/c1-10-7-14(22)20-16(18-10)24-9-15(23)17-8-13-19-11-5-3-4-6-12(11)21(13)2/h3-7H,8-9H2,1-2H3,(H,17,23)(H,18,20,22). The molecule has 1 amide bonds. The molecule has 0 spiro atoms. The Balaban J connectivity index is 1.58. The first-order chi connectivity index (χ1) is 11.5. The number of aromatic nitrogens is 4. The molecule has 8 heteroatoms. The maximum Gasteiger partial charge on any atom is 0.251 e. The Morgan fingerprint density at radius 1 is 1.33 bits per heavy atom. The number of rotatable bonds is 5. The van der Waals surface area contributed by atoms with Crippen molar-refractivity contribution in [1.29, 1.82) is 0 Å². The van der Waals surface area contributed by atoms with Gasteiger partial charge < -0.3 is 14.9 Å². The lowest BCUT2D eigenvalue weighted by Gasteiger charge is -2.05. The van der Waals surface area contributed by atoms with Crippen LogP contribution in [0.15, 0.2) is 40.3 Å². The second-order valence-corrected chi connectivity index (χ2v) is 6.30. The van der Waals surface area contributed by atoms with E-state index in [1.54, 1.807) is 6.92 Å². The van der Waals surface area contributed by atoms with Crippen molar-refractivity contribution in [2.75, 3.05) is 5.75 Å². The van der Waals surface area contributed by atoms with E-state index in [0.29, 0.717) is 17.4 Å². The van der Waals surface area contributed by atoms with Crippen LogP contribution in [0.5, 0.6) is 0 Å². The van der Waals surface area contributed by atoms with Gasteiger partial charge in [0.25, 0.3) is 5.56 Å². The average Bonchev–Trinajstić information content (AvgIpc) is 2.87. The summed E-state index contributed by atoms with van der Waals surface area (Å²) < 4.78 is 1.96. The molecule has 0 atom stereocenters. The van der Waals surface area contributed by atoms with Crippen molar-refractivity contribution in [2.45, 2.75) is 18.6 Å². The minimum absolute atomic E-state index is 0.142. The Bertz CT molecular complexity index is 947. The number of nitrogens with one attached hydrogen (secondary N) is 2. The summed E-state index contributed by atoms with van der Waals surface area (Å²) in [7, 11) is 1.92. The number of thioether (sulfide) groups is 1. The number of hydrogen-bond acceptors (Lipinski definition) is 5. The molecule has 0 bridgehead atoms. The summed E-state index contributed by atoms with van der Waals surface area (Å²) in [5.74, 6) is 0.823. The van der Waals surface area contributed by atoms with Crippen molar-refractivity contribution < 1.29 is 4.79 Å². The third-order valence-corrected chi connectivity index (χ3v) is 4.38. The highest BCUT2D eigenvalue weighted by atomic mass is 32.2. The van der Waals surface area contributed by atoms with Gasteiger partial charge in [-0.2, -0.15) is 0 Å². The Hall–Kier alpha value is -2.61. The van der Waals surface area contributed by atoms with Gasteiger partial charge in [0, 0.05) is 18.8 Å². The average molecular weight is 343 g/mol. The predicted molar refractivity (Wildman–Crippen MR) is 92.9 cm³/mol. The number of aryl methyl sites for hydroxylation is 2. The number of amides is 1. The molecule has 0 fully saturated rings. The number of carbonyl (C=O) groups excluding carboxylic acids is 1. The molecule has 124 valence electrons. The first-order valence-corrected chi connectivity index (χ1v) is 8.39. The van der Waals surface area contributed by atoms with Gasteiger partial charge >= 0.3 is 0 Å². The second kappa shape index (κ2) is 6.88. The fourth-order valence-corrected chi connectivity index (χ4v) is 3.09. The minimum Gasteiger partial charge on any atom is -0.348 e. The Kier molecular flexibility index (Phi) is 4.66. The normalized spacial score (nSPS) is 10.9. The van der Waals surface area contributed by atoms with E-state index in [-0.39, 0.29) is 17.2 Å². The third-order valence-electron chi connectivity index (χ3n) is 3.51. The van der Waals surface area contributed by atoms with Gasteiger partial charge in [-0.25, -0.2) is 9.97 Å². The van der Waals surface area contributed by atoms with Gasteiger partial charge in [0.2, 0.25) is 5.91 Å². The number of hydrogen-bond donors (Lipinski definition) is 2. The van der Waals surface area contributed by atoms with Crippen LogP contribution in [0, 0.1) is 6.92 Å². The van der Waals surface area contributed by atoms with Crippen LogP contribution in [0.25, 0.3) is 11.0 Å². The molecule has 0 radical (unpaired) electrons. The van der Waals surface area contributed by atoms with Crippen LogP contribution in [0.2, 0.25) is 0 Å². The summed E-state index contributed by atoms with van der Waals surface area (Å²) in [6.07, 6.45) is 0. The molecule has 1 aromatic carbocycles. The second-order valence-electron chi connectivity index (χ2n) is 5.33. The van der Waals surface area contributed by atoms with Gasteiger partial charge in [0.1, 0.15) is 5.82 Å². The van der Waals surface area contributed by atoms with Crippen LogP contribution in [0.4, 0.5) is 0 Å². The van der Waals surface area contributed by atoms with E-state index in [1.165, 1.54) is 17.8 Å². The van der Waals surface area contributed by atoms with E-state index < -0.39 is 0 Å². The first-order valence-electron chi connectivity index (χ1n) is 7.41. The molecule has 2 N–H and O–H groups in total. The molecule has 3 rings (SSSR count). The lowest BCUT2D eigenvalue weighted by molar-refractivity contribution is -0.118. The molecule has 24 heavy (non-hydrogen) atoms. The van der Waals surface area contributed by atoms with E-state index in [1.807, 2.05) is 35.9 Å². The van der Waals surface area contributed by atoms with E-state index in [2.05, 4.69) is 20.3 Å². The van der Waals surface area contributed by atoms with Gasteiger partial charge in [0.05, 0.1) is 23.3 Å². The summed E-state index contributed by atoms with van der Waals surface area (Å²) >= 11 is 1.20. The number of imidazole rings is 1. The number of H-pyrrole nitrogens is 1. The Morgan fingerprint density at radius 2 is 2.12 bits per heavy atom. The zero-order valence-corrected chi connectivity index (χ0v) is 14.2. The van der Waals surface area contributed by atoms with E-state index in [4.69, 9.17) is 0 Å². The van der Waals surface area contributed by atoms with Gasteiger partial charge in [0.15, 0.2) is 5.16 Å². The molecule has 2 aromatic heterocycles. The van der Waals surface area contributed by atoms with E-state index >= 15 is 0 Å². The number of fused-ring (bicyclic) bond motifs is 1. The van der Waals surface area contributed by atoms with E-state index in [0.717, 1.165) is 16.9 Å². The molecule has 0 aliphatic heterocycles. The molecule has 0 saturated heterocycles. The molecular formula is C16H17N5O2S. The largest absolute Gasteiger partial charge is 0.348 e. The zero-order valence-electron chi connectivity index (χ0n) is 13.4. The van der Waals surface area contributed by atoms with Crippen LogP contribution in [-0.2, 0) is 18.4 Å². The quantitative estimate of drug-likeness (QED) is 0.539. The van der Waals surface area contributed by atoms with Crippen molar-refractivity contribution >= 4 is 28.7 Å². The SMILES string of the molecule is Cc1cc(=O)[nH]c(SCC(=O)NCc2nc3ccccc3n2C)n1. The summed E-state index contributed by atoms with van der Waals surface area (Å²) in [4.78, 5) is 34.7. The number of para-hydroxylation sites is 2. The number of carbonyl (C=O) groups is 1.